The summed E-state index contributed by atoms with van der Waals surface area (Å²) in [6, 6.07) is 5.60. The van der Waals surface area contributed by atoms with Gasteiger partial charge in [-0.2, -0.15) is 0 Å². The van der Waals surface area contributed by atoms with Gasteiger partial charge in [0.15, 0.2) is 0 Å². The molecule has 0 heterocycles. The van der Waals surface area contributed by atoms with Gasteiger partial charge in [0.1, 0.15) is 0 Å². The van der Waals surface area contributed by atoms with Crippen molar-refractivity contribution in [1.29, 1.82) is 0 Å². The van der Waals surface area contributed by atoms with Crippen molar-refractivity contribution in [3.05, 3.63) is 28.8 Å². The van der Waals surface area contributed by atoms with Crippen molar-refractivity contribution in [2.24, 2.45) is 11.1 Å². The lowest BCUT2D eigenvalue weighted by molar-refractivity contribution is -0.109. The fourth-order valence-corrected chi connectivity index (χ4v) is 3.25. The first kappa shape index (κ1) is 16.1. The Morgan fingerprint density at radius 2 is 2.24 bits per heavy atom. The van der Waals surface area contributed by atoms with Crippen molar-refractivity contribution in [3.8, 4) is 0 Å². The van der Waals surface area contributed by atoms with Gasteiger partial charge in [-0.05, 0) is 38.0 Å². The molecule has 3 unspecified atom stereocenters. The lowest BCUT2D eigenvalue weighted by Crippen LogP contribution is -2.59. The molecule has 1 fully saturated rings. The zero-order chi connectivity index (χ0) is 15.6. The third kappa shape index (κ3) is 3.01. The smallest absolute Gasteiger partial charge is 0.250 e. The Hall–Kier alpha value is -1.26. The SMILES string of the molecule is CCOC1CC(Nc2ccc(C(N)=O)c(Cl)c2)C1(C)CC. The van der Waals surface area contributed by atoms with Crippen LogP contribution >= 0.6 is 11.6 Å². The van der Waals surface area contributed by atoms with E-state index in [0.29, 0.717) is 22.7 Å². The Labute approximate surface area is 131 Å². The van der Waals surface area contributed by atoms with Crippen LogP contribution in [-0.4, -0.2) is 24.7 Å². The van der Waals surface area contributed by atoms with Crippen LogP contribution < -0.4 is 11.1 Å². The molecule has 5 heteroatoms. The monoisotopic (exact) mass is 310 g/mol. The van der Waals surface area contributed by atoms with Crippen LogP contribution in [0.2, 0.25) is 5.02 Å². The third-order valence-corrected chi connectivity index (χ3v) is 5.00. The lowest BCUT2D eigenvalue weighted by atomic mass is 9.61. The predicted octanol–water partition coefficient (Wildman–Crippen LogP) is 3.44. The van der Waals surface area contributed by atoms with Crippen LogP contribution in [0.4, 0.5) is 5.69 Å². The minimum Gasteiger partial charge on any atom is -0.382 e. The Morgan fingerprint density at radius 1 is 1.52 bits per heavy atom. The molecule has 2 rings (SSSR count). The van der Waals surface area contributed by atoms with Gasteiger partial charge in [0.25, 0.3) is 0 Å². The van der Waals surface area contributed by atoms with Crippen LogP contribution in [0.5, 0.6) is 0 Å². The summed E-state index contributed by atoms with van der Waals surface area (Å²) in [4.78, 5) is 11.2. The number of carbonyl (C=O) groups is 1. The number of rotatable bonds is 6. The van der Waals surface area contributed by atoms with Crippen molar-refractivity contribution < 1.29 is 9.53 Å². The summed E-state index contributed by atoms with van der Waals surface area (Å²) >= 11 is 6.09. The fraction of sp³-hybridized carbons (Fsp3) is 0.562. The number of primary amides is 1. The number of ether oxygens (including phenoxy) is 1. The standard InChI is InChI=1S/C16H23ClN2O2/c1-4-16(3)13(9-14(16)21-5-2)19-10-6-7-11(15(18)20)12(17)8-10/h6-8,13-14,19H,4-5,9H2,1-3H3,(H2,18,20). The highest BCUT2D eigenvalue weighted by atomic mass is 35.5. The Balaban J connectivity index is 2.09. The molecule has 4 nitrogen and oxygen atoms in total. The van der Waals surface area contributed by atoms with Gasteiger partial charge in [0, 0.05) is 23.8 Å². The molecule has 0 bridgehead atoms. The molecule has 0 saturated heterocycles. The summed E-state index contributed by atoms with van der Waals surface area (Å²) in [6.07, 6.45) is 2.32. The molecule has 1 saturated carbocycles. The van der Waals surface area contributed by atoms with Gasteiger partial charge in [0.05, 0.1) is 16.7 Å². The average molecular weight is 311 g/mol. The molecule has 1 aromatic carbocycles. The number of anilines is 1. The summed E-state index contributed by atoms with van der Waals surface area (Å²) in [7, 11) is 0. The minimum atomic E-state index is -0.509. The van der Waals surface area contributed by atoms with Crippen LogP contribution in [0, 0.1) is 5.41 Å². The largest absolute Gasteiger partial charge is 0.382 e. The molecule has 1 aliphatic carbocycles. The number of nitrogens with two attached hydrogens (primary N) is 1. The Kier molecular flexibility index (Phi) is 4.79. The molecular formula is C16H23ClN2O2. The van der Waals surface area contributed by atoms with E-state index in [0.717, 1.165) is 25.1 Å². The summed E-state index contributed by atoms with van der Waals surface area (Å²) in [6.45, 7) is 7.20. The molecule has 0 aromatic heterocycles. The second-order valence-corrected chi connectivity index (χ2v) is 6.20. The molecule has 1 aliphatic rings. The van der Waals surface area contributed by atoms with Crippen molar-refractivity contribution in [3.63, 3.8) is 0 Å². The van der Waals surface area contributed by atoms with Crippen LogP contribution in [-0.2, 0) is 4.74 Å². The first-order valence-electron chi connectivity index (χ1n) is 7.39. The first-order valence-corrected chi connectivity index (χ1v) is 7.77. The predicted molar refractivity (Wildman–Crippen MR) is 85.8 cm³/mol. The maximum absolute atomic E-state index is 11.2. The van der Waals surface area contributed by atoms with Crippen LogP contribution in [0.25, 0.3) is 0 Å². The van der Waals surface area contributed by atoms with Gasteiger partial charge in [-0.1, -0.05) is 25.4 Å². The average Bonchev–Trinajstić information content (AvgIpc) is 2.45. The van der Waals surface area contributed by atoms with Gasteiger partial charge in [-0.25, -0.2) is 0 Å². The highest BCUT2D eigenvalue weighted by Gasteiger charge is 2.51. The number of amides is 1. The number of hydrogen-bond acceptors (Lipinski definition) is 3. The van der Waals surface area contributed by atoms with Crippen molar-refractivity contribution in [2.75, 3.05) is 11.9 Å². The van der Waals surface area contributed by atoms with Gasteiger partial charge >= 0.3 is 0 Å². The maximum atomic E-state index is 11.2. The quantitative estimate of drug-likeness (QED) is 0.846. The second-order valence-electron chi connectivity index (χ2n) is 5.79. The maximum Gasteiger partial charge on any atom is 0.250 e. The van der Waals surface area contributed by atoms with E-state index in [1.165, 1.54) is 0 Å². The summed E-state index contributed by atoms with van der Waals surface area (Å²) in [5.74, 6) is -0.509. The number of nitrogens with one attached hydrogen (secondary N) is 1. The summed E-state index contributed by atoms with van der Waals surface area (Å²) < 4.78 is 5.80. The molecular weight excluding hydrogens is 288 g/mol. The van der Waals surface area contributed by atoms with Crippen molar-refractivity contribution in [2.45, 2.75) is 45.8 Å². The van der Waals surface area contributed by atoms with E-state index >= 15 is 0 Å². The molecule has 3 atom stereocenters. The van der Waals surface area contributed by atoms with E-state index < -0.39 is 5.91 Å². The topological polar surface area (TPSA) is 64.3 Å². The van der Waals surface area contributed by atoms with E-state index in [-0.39, 0.29) is 5.41 Å². The normalized spacial score (nSPS) is 28.0. The number of benzene rings is 1. The summed E-state index contributed by atoms with van der Waals surface area (Å²) in [5, 5.41) is 3.88. The van der Waals surface area contributed by atoms with E-state index in [9.17, 15) is 4.79 Å². The molecule has 0 radical (unpaired) electrons. The van der Waals surface area contributed by atoms with Crippen LogP contribution in [0.3, 0.4) is 0 Å². The molecule has 1 aromatic rings. The van der Waals surface area contributed by atoms with Gasteiger partial charge in [0.2, 0.25) is 5.91 Å². The van der Waals surface area contributed by atoms with E-state index in [1.807, 2.05) is 13.0 Å². The van der Waals surface area contributed by atoms with E-state index in [4.69, 9.17) is 22.1 Å². The number of halogens is 1. The van der Waals surface area contributed by atoms with E-state index in [2.05, 4.69) is 19.2 Å². The third-order valence-electron chi connectivity index (χ3n) is 4.69. The van der Waals surface area contributed by atoms with E-state index in [1.54, 1.807) is 12.1 Å². The minimum absolute atomic E-state index is 0.116. The lowest BCUT2D eigenvalue weighted by Gasteiger charge is -2.54. The van der Waals surface area contributed by atoms with Crippen LogP contribution in [0.1, 0.15) is 44.0 Å². The summed E-state index contributed by atoms with van der Waals surface area (Å²) in [5.41, 5.74) is 6.63. The van der Waals surface area contributed by atoms with Gasteiger partial charge in [-0.3, -0.25) is 4.79 Å². The molecule has 1 amide bonds. The van der Waals surface area contributed by atoms with Crippen molar-refractivity contribution >= 4 is 23.2 Å². The first-order chi connectivity index (χ1) is 9.92. The number of carbonyl (C=O) groups excluding carboxylic acids is 1. The zero-order valence-corrected chi connectivity index (χ0v) is 13.5. The van der Waals surface area contributed by atoms with Gasteiger partial charge < -0.3 is 15.8 Å². The Bertz CT molecular complexity index is 535. The highest BCUT2D eigenvalue weighted by Crippen LogP contribution is 2.47. The molecule has 0 spiro atoms. The molecule has 3 N–H and O–H groups in total. The van der Waals surface area contributed by atoms with Gasteiger partial charge in [-0.15, -0.1) is 0 Å². The highest BCUT2D eigenvalue weighted by molar-refractivity contribution is 6.34. The zero-order valence-electron chi connectivity index (χ0n) is 12.8. The van der Waals surface area contributed by atoms with Crippen molar-refractivity contribution in [1.82, 2.24) is 0 Å². The fourth-order valence-electron chi connectivity index (χ4n) is 2.98. The van der Waals surface area contributed by atoms with Crippen LogP contribution in [0.15, 0.2) is 18.2 Å². The molecule has 21 heavy (non-hydrogen) atoms. The molecule has 0 aliphatic heterocycles. The molecule has 116 valence electrons. The number of hydrogen-bond donors (Lipinski definition) is 2. The Morgan fingerprint density at radius 3 is 2.76 bits per heavy atom. The second kappa shape index (κ2) is 6.24.